The number of Topliss-reactive ketones (excluding diaryl/α,β-unsaturated/α-hetero) is 1. The molecule has 1 unspecified atom stereocenters. The van der Waals surface area contributed by atoms with Gasteiger partial charge in [-0.1, -0.05) is 11.6 Å². The van der Waals surface area contributed by atoms with Crippen molar-refractivity contribution in [1.29, 1.82) is 0 Å². The topological polar surface area (TPSA) is 140 Å². The Morgan fingerprint density at radius 2 is 2.25 bits per heavy atom. The number of ketones is 1. The number of amides is 2. The highest BCUT2D eigenvalue weighted by molar-refractivity contribution is 5.87. The predicted octanol–water partition coefficient (Wildman–Crippen LogP) is 0.461. The first-order chi connectivity index (χ1) is 11.5. The van der Waals surface area contributed by atoms with E-state index in [1.807, 2.05) is 0 Å². The maximum atomic E-state index is 12.2. The lowest BCUT2D eigenvalue weighted by molar-refractivity contribution is -0.120. The van der Waals surface area contributed by atoms with Crippen LogP contribution in [0.1, 0.15) is 56.8 Å². The monoisotopic (exact) mass is 338 g/mol. The van der Waals surface area contributed by atoms with Crippen molar-refractivity contribution in [2.24, 2.45) is 11.5 Å². The highest BCUT2D eigenvalue weighted by atomic mass is 16.5. The summed E-state index contributed by atoms with van der Waals surface area (Å²) in [6.07, 6.45) is 4.09. The van der Waals surface area contributed by atoms with Crippen LogP contribution in [0.5, 0.6) is 0 Å². The van der Waals surface area contributed by atoms with Crippen molar-refractivity contribution in [2.45, 2.75) is 57.7 Å². The summed E-state index contributed by atoms with van der Waals surface area (Å²) in [6, 6.07) is -0.927. The Bertz CT molecular complexity index is 561. The average molecular weight is 338 g/mol. The molecule has 0 bridgehead atoms. The van der Waals surface area contributed by atoms with E-state index in [2.05, 4.69) is 15.5 Å². The quantitative estimate of drug-likeness (QED) is 0.585. The van der Waals surface area contributed by atoms with Gasteiger partial charge in [0.15, 0.2) is 11.6 Å². The molecule has 0 radical (unpaired) electrons. The summed E-state index contributed by atoms with van der Waals surface area (Å²) in [5, 5.41) is 6.56. The number of carbonyl (C=O) groups is 2. The first kappa shape index (κ1) is 18.3. The summed E-state index contributed by atoms with van der Waals surface area (Å²) in [7, 11) is 0. The Morgan fingerprint density at radius 3 is 2.96 bits per heavy atom. The zero-order valence-electron chi connectivity index (χ0n) is 14.0. The summed E-state index contributed by atoms with van der Waals surface area (Å²) in [5.74, 6) is 0.733. The Balaban J connectivity index is 1.82. The van der Waals surface area contributed by atoms with Crippen LogP contribution in [-0.2, 0) is 11.3 Å². The average Bonchev–Trinajstić information content (AvgIpc) is 3.22. The van der Waals surface area contributed by atoms with Crippen molar-refractivity contribution in [3.63, 3.8) is 0 Å². The third-order valence-corrected chi connectivity index (χ3v) is 4.16. The molecule has 0 saturated carbocycles. The number of hydrogen-bond donors (Lipinski definition) is 3. The molecule has 134 valence electrons. The minimum Gasteiger partial charge on any atom is -0.337 e. The Morgan fingerprint density at radius 1 is 1.46 bits per heavy atom. The number of urea groups is 1. The number of aromatic nitrogens is 2. The van der Waals surface area contributed by atoms with E-state index in [0.29, 0.717) is 31.2 Å². The lowest BCUT2D eigenvalue weighted by atomic mass is 10.1. The second-order valence-corrected chi connectivity index (χ2v) is 6.06. The molecule has 9 nitrogen and oxygen atoms in total. The second-order valence-electron chi connectivity index (χ2n) is 6.06. The van der Waals surface area contributed by atoms with Gasteiger partial charge in [-0.15, -0.1) is 0 Å². The molecule has 5 N–H and O–H groups in total. The van der Waals surface area contributed by atoms with Crippen LogP contribution in [0.4, 0.5) is 4.79 Å². The zero-order chi connectivity index (χ0) is 17.5. The lowest BCUT2D eigenvalue weighted by Crippen LogP contribution is -2.45. The van der Waals surface area contributed by atoms with Crippen molar-refractivity contribution in [2.75, 3.05) is 13.1 Å². The summed E-state index contributed by atoms with van der Waals surface area (Å²) in [5.41, 5.74) is 11.4. The molecule has 1 aromatic rings. The standard InChI is InChI=1S/C15H26N6O3/c1-10(22)12-6-4-8-21(12)15(23)18-9-13-19-14(20-24-13)11(17)5-2-3-7-16/h11-12H,2-9,16-17H2,1H3,(H,18,23)/t11-,12?/m0/s1. The van der Waals surface area contributed by atoms with E-state index in [9.17, 15) is 9.59 Å². The van der Waals surface area contributed by atoms with Crippen molar-refractivity contribution in [1.82, 2.24) is 20.4 Å². The lowest BCUT2D eigenvalue weighted by Gasteiger charge is -2.22. The van der Waals surface area contributed by atoms with Gasteiger partial charge in [0.05, 0.1) is 18.6 Å². The first-order valence-electron chi connectivity index (χ1n) is 8.36. The van der Waals surface area contributed by atoms with Gasteiger partial charge < -0.3 is 26.2 Å². The van der Waals surface area contributed by atoms with Crippen LogP contribution in [0.2, 0.25) is 0 Å². The number of hydrogen-bond acceptors (Lipinski definition) is 7. The van der Waals surface area contributed by atoms with Gasteiger partial charge in [0.1, 0.15) is 0 Å². The van der Waals surface area contributed by atoms with Crippen LogP contribution < -0.4 is 16.8 Å². The van der Waals surface area contributed by atoms with Gasteiger partial charge in [-0.2, -0.15) is 4.98 Å². The maximum absolute atomic E-state index is 12.2. The Hall–Kier alpha value is -2.00. The third kappa shape index (κ3) is 4.75. The van der Waals surface area contributed by atoms with Crippen molar-refractivity contribution in [3.8, 4) is 0 Å². The number of likely N-dealkylation sites (tertiary alicyclic amines) is 1. The summed E-state index contributed by atoms with van der Waals surface area (Å²) < 4.78 is 5.11. The first-order valence-corrected chi connectivity index (χ1v) is 8.36. The van der Waals surface area contributed by atoms with Crippen molar-refractivity contribution >= 4 is 11.8 Å². The number of unbranched alkanes of at least 4 members (excludes halogenated alkanes) is 1. The van der Waals surface area contributed by atoms with Crippen LogP contribution in [0, 0.1) is 0 Å². The van der Waals surface area contributed by atoms with E-state index in [4.69, 9.17) is 16.0 Å². The third-order valence-electron chi connectivity index (χ3n) is 4.16. The van der Waals surface area contributed by atoms with E-state index >= 15 is 0 Å². The fraction of sp³-hybridized carbons (Fsp3) is 0.733. The number of carbonyl (C=O) groups excluding carboxylic acids is 2. The summed E-state index contributed by atoms with van der Waals surface area (Å²) in [4.78, 5) is 29.5. The van der Waals surface area contributed by atoms with Gasteiger partial charge in [0.2, 0.25) is 5.89 Å². The molecule has 2 atom stereocenters. The van der Waals surface area contributed by atoms with Gasteiger partial charge in [-0.3, -0.25) is 4.79 Å². The zero-order valence-corrected chi connectivity index (χ0v) is 14.0. The molecule has 1 saturated heterocycles. The largest absolute Gasteiger partial charge is 0.337 e. The van der Waals surface area contributed by atoms with E-state index < -0.39 is 0 Å². The molecule has 2 rings (SSSR count). The summed E-state index contributed by atoms with van der Waals surface area (Å²) in [6.45, 7) is 2.83. The minimum absolute atomic E-state index is 0.00572. The van der Waals surface area contributed by atoms with E-state index in [1.54, 1.807) is 4.90 Å². The van der Waals surface area contributed by atoms with Crippen molar-refractivity contribution < 1.29 is 14.1 Å². The summed E-state index contributed by atoms with van der Waals surface area (Å²) >= 11 is 0. The van der Waals surface area contributed by atoms with Gasteiger partial charge in [0.25, 0.3) is 0 Å². The van der Waals surface area contributed by atoms with E-state index in [1.165, 1.54) is 6.92 Å². The van der Waals surface area contributed by atoms with Crippen LogP contribution in [0.15, 0.2) is 4.52 Å². The molecule has 1 aliphatic rings. The highest BCUT2D eigenvalue weighted by Crippen LogP contribution is 2.18. The van der Waals surface area contributed by atoms with Gasteiger partial charge in [-0.25, -0.2) is 4.79 Å². The molecule has 1 aliphatic heterocycles. The molecule has 24 heavy (non-hydrogen) atoms. The molecule has 2 amide bonds. The molecule has 0 aromatic carbocycles. The van der Waals surface area contributed by atoms with E-state index in [-0.39, 0.29) is 30.4 Å². The molecular formula is C15H26N6O3. The van der Waals surface area contributed by atoms with Crippen LogP contribution >= 0.6 is 0 Å². The highest BCUT2D eigenvalue weighted by Gasteiger charge is 2.31. The smallest absolute Gasteiger partial charge is 0.318 e. The SMILES string of the molecule is CC(=O)C1CCCN1C(=O)NCc1nc([C@@H](N)CCCCN)no1. The van der Waals surface area contributed by atoms with Crippen LogP contribution in [0.3, 0.4) is 0 Å². The Kier molecular flexibility index (Phi) is 6.68. The Labute approximate surface area is 141 Å². The molecule has 1 aromatic heterocycles. The molecule has 0 spiro atoms. The fourth-order valence-electron chi connectivity index (χ4n) is 2.81. The van der Waals surface area contributed by atoms with Gasteiger partial charge in [0, 0.05) is 6.54 Å². The molecule has 9 heteroatoms. The fourth-order valence-corrected chi connectivity index (χ4v) is 2.81. The van der Waals surface area contributed by atoms with E-state index in [0.717, 1.165) is 25.7 Å². The normalized spacial score (nSPS) is 18.6. The second kappa shape index (κ2) is 8.74. The predicted molar refractivity (Wildman–Crippen MR) is 86.8 cm³/mol. The number of nitrogens with one attached hydrogen (secondary N) is 1. The van der Waals surface area contributed by atoms with Crippen LogP contribution in [-0.4, -0.2) is 46.0 Å². The minimum atomic E-state index is -0.334. The molecule has 2 heterocycles. The van der Waals surface area contributed by atoms with Crippen LogP contribution in [0.25, 0.3) is 0 Å². The van der Waals surface area contributed by atoms with Crippen molar-refractivity contribution in [3.05, 3.63) is 11.7 Å². The number of nitrogens with two attached hydrogens (primary N) is 2. The number of nitrogens with zero attached hydrogens (tertiary/aromatic N) is 3. The van der Waals surface area contributed by atoms with Gasteiger partial charge in [-0.05, 0) is 39.2 Å². The molecular weight excluding hydrogens is 312 g/mol. The molecule has 1 fully saturated rings. The number of rotatable bonds is 8. The van der Waals surface area contributed by atoms with Gasteiger partial charge >= 0.3 is 6.03 Å². The maximum Gasteiger partial charge on any atom is 0.318 e. The molecule has 0 aliphatic carbocycles.